The van der Waals surface area contributed by atoms with Crippen LogP contribution in [0.25, 0.3) is 0 Å². The van der Waals surface area contributed by atoms with Crippen molar-refractivity contribution >= 4 is 29.1 Å². The Morgan fingerprint density at radius 3 is 2.50 bits per heavy atom. The molecule has 0 unspecified atom stereocenters. The van der Waals surface area contributed by atoms with Gasteiger partial charge >= 0.3 is 0 Å². The minimum Gasteiger partial charge on any atom is -0.335 e. The third-order valence-corrected chi connectivity index (χ3v) is 4.87. The molecule has 1 N–H and O–H groups in total. The van der Waals surface area contributed by atoms with Crippen LogP contribution >= 0.6 is 11.6 Å². The summed E-state index contributed by atoms with van der Waals surface area (Å²) in [5, 5.41) is 3.22. The standard InChI is InChI=1S/C18H26ClN3O2/c1-3-22(14-8-4-5-9-14)13-18(24)21(2)12-17(23)20-16-11-7-6-10-15(16)19/h6-7,10-11,14H,3-5,8-9,12-13H2,1-2H3,(H,20,23). The summed E-state index contributed by atoms with van der Waals surface area (Å²) in [4.78, 5) is 28.2. The van der Waals surface area contributed by atoms with Crippen molar-refractivity contribution in [3.8, 4) is 0 Å². The molecule has 0 bridgehead atoms. The van der Waals surface area contributed by atoms with Crippen LogP contribution in [0.5, 0.6) is 0 Å². The van der Waals surface area contributed by atoms with E-state index in [2.05, 4.69) is 17.1 Å². The van der Waals surface area contributed by atoms with Gasteiger partial charge in [-0.25, -0.2) is 0 Å². The van der Waals surface area contributed by atoms with Gasteiger partial charge in [-0.15, -0.1) is 0 Å². The molecule has 24 heavy (non-hydrogen) atoms. The quantitative estimate of drug-likeness (QED) is 0.821. The molecule has 1 fully saturated rings. The topological polar surface area (TPSA) is 52.7 Å². The molecule has 0 saturated heterocycles. The zero-order chi connectivity index (χ0) is 17.5. The molecule has 0 heterocycles. The summed E-state index contributed by atoms with van der Waals surface area (Å²) < 4.78 is 0. The van der Waals surface area contributed by atoms with Crippen molar-refractivity contribution in [2.24, 2.45) is 0 Å². The molecule has 1 aromatic rings. The summed E-state index contributed by atoms with van der Waals surface area (Å²) in [6.45, 7) is 3.33. The highest BCUT2D eigenvalue weighted by atomic mass is 35.5. The summed E-state index contributed by atoms with van der Waals surface area (Å²) in [7, 11) is 1.66. The summed E-state index contributed by atoms with van der Waals surface area (Å²) in [5.41, 5.74) is 0.561. The van der Waals surface area contributed by atoms with Crippen molar-refractivity contribution < 1.29 is 9.59 Å². The van der Waals surface area contributed by atoms with Crippen LogP contribution < -0.4 is 5.32 Å². The van der Waals surface area contributed by atoms with Gasteiger partial charge in [0, 0.05) is 13.1 Å². The van der Waals surface area contributed by atoms with Crippen molar-refractivity contribution in [1.82, 2.24) is 9.80 Å². The van der Waals surface area contributed by atoms with Crippen LogP contribution in [0.2, 0.25) is 5.02 Å². The highest BCUT2D eigenvalue weighted by molar-refractivity contribution is 6.33. The number of nitrogens with zero attached hydrogens (tertiary/aromatic N) is 2. The minimum atomic E-state index is -0.247. The number of benzene rings is 1. The Morgan fingerprint density at radius 1 is 1.21 bits per heavy atom. The van der Waals surface area contributed by atoms with Gasteiger partial charge in [-0.05, 0) is 31.5 Å². The van der Waals surface area contributed by atoms with Crippen LogP contribution in [0, 0.1) is 0 Å². The van der Waals surface area contributed by atoms with E-state index in [-0.39, 0.29) is 18.4 Å². The molecular weight excluding hydrogens is 326 g/mol. The van der Waals surface area contributed by atoms with Crippen molar-refractivity contribution in [3.05, 3.63) is 29.3 Å². The van der Waals surface area contributed by atoms with E-state index in [0.29, 0.717) is 23.3 Å². The Kier molecular flexibility index (Phi) is 7.06. The van der Waals surface area contributed by atoms with E-state index < -0.39 is 0 Å². The van der Waals surface area contributed by atoms with Crippen LogP contribution in [-0.2, 0) is 9.59 Å². The maximum absolute atomic E-state index is 12.4. The normalized spacial score (nSPS) is 14.8. The molecule has 0 radical (unpaired) electrons. The smallest absolute Gasteiger partial charge is 0.244 e. The number of amides is 2. The molecule has 5 nitrogen and oxygen atoms in total. The largest absolute Gasteiger partial charge is 0.335 e. The van der Waals surface area contributed by atoms with E-state index in [4.69, 9.17) is 11.6 Å². The van der Waals surface area contributed by atoms with E-state index in [0.717, 1.165) is 19.4 Å². The summed E-state index contributed by atoms with van der Waals surface area (Å²) in [6, 6.07) is 7.56. The fourth-order valence-corrected chi connectivity index (χ4v) is 3.30. The predicted octanol–water partition coefficient (Wildman–Crippen LogP) is 3.00. The monoisotopic (exact) mass is 351 g/mol. The molecule has 132 valence electrons. The van der Waals surface area contributed by atoms with Crippen molar-refractivity contribution in [3.63, 3.8) is 0 Å². The summed E-state index contributed by atoms with van der Waals surface area (Å²) in [6.07, 6.45) is 4.81. The molecule has 0 aliphatic heterocycles. The molecule has 0 atom stereocenters. The Morgan fingerprint density at radius 2 is 1.88 bits per heavy atom. The first-order valence-electron chi connectivity index (χ1n) is 8.53. The molecule has 2 amide bonds. The second kappa shape index (κ2) is 9.04. The first kappa shape index (κ1) is 18.7. The van der Waals surface area contributed by atoms with E-state index in [1.807, 2.05) is 0 Å². The van der Waals surface area contributed by atoms with Crippen molar-refractivity contribution in [2.75, 3.05) is 32.0 Å². The molecule has 1 aliphatic carbocycles. The molecule has 6 heteroatoms. The lowest BCUT2D eigenvalue weighted by atomic mass is 10.2. The maximum Gasteiger partial charge on any atom is 0.244 e. The summed E-state index contributed by atoms with van der Waals surface area (Å²) >= 11 is 6.03. The maximum atomic E-state index is 12.4. The Bertz CT molecular complexity index is 573. The molecule has 1 aromatic carbocycles. The average molecular weight is 352 g/mol. The van der Waals surface area contributed by atoms with E-state index >= 15 is 0 Å². The number of rotatable bonds is 7. The van der Waals surface area contributed by atoms with Gasteiger partial charge in [-0.2, -0.15) is 0 Å². The lowest BCUT2D eigenvalue weighted by Gasteiger charge is -2.28. The van der Waals surface area contributed by atoms with Crippen LogP contribution in [0.4, 0.5) is 5.69 Å². The van der Waals surface area contributed by atoms with E-state index in [1.165, 1.54) is 17.7 Å². The Hall–Kier alpha value is -1.59. The van der Waals surface area contributed by atoms with Gasteiger partial charge in [0.1, 0.15) is 0 Å². The fraction of sp³-hybridized carbons (Fsp3) is 0.556. The zero-order valence-electron chi connectivity index (χ0n) is 14.4. The Labute approximate surface area is 149 Å². The number of carbonyl (C=O) groups excluding carboxylic acids is 2. The number of para-hydroxylation sites is 1. The lowest BCUT2D eigenvalue weighted by molar-refractivity contribution is -0.134. The van der Waals surface area contributed by atoms with Gasteiger partial charge < -0.3 is 10.2 Å². The number of hydrogen-bond donors (Lipinski definition) is 1. The van der Waals surface area contributed by atoms with Gasteiger partial charge in [-0.1, -0.05) is 43.5 Å². The van der Waals surface area contributed by atoms with E-state index in [9.17, 15) is 9.59 Å². The second-order valence-electron chi connectivity index (χ2n) is 6.28. The SMILES string of the molecule is CCN(CC(=O)N(C)CC(=O)Nc1ccccc1Cl)C1CCCC1. The third kappa shape index (κ3) is 5.21. The van der Waals surface area contributed by atoms with Gasteiger partial charge in [-0.3, -0.25) is 14.5 Å². The van der Waals surface area contributed by atoms with Crippen LogP contribution in [0.3, 0.4) is 0 Å². The van der Waals surface area contributed by atoms with Gasteiger partial charge in [0.25, 0.3) is 0 Å². The first-order valence-corrected chi connectivity index (χ1v) is 8.91. The van der Waals surface area contributed by atoms with Gasteiger partial charge in [0.2, 0.25) is 11.8 Å². The third-order valence-electron chi connectivity index (χ3n) is 4.54. The van der Waals surface area contributed by atoms with Crippen molar-refractivity contribution in [2.45, 2.75) is 38.6 Å². The predicted molar refractivity (Wildman–Crippen MR) is 97.2 cm³/mol. The number of hydrogen-bond acceptors (Lipinski definition) is 3. The second-order valence-corrected chi connectivity index (χ2v) is 6.69. The van der Waals surface area contributed by atoms with Crippen LogP contribution in [-0.4, -0.2) is 54.3 Å². The van der Waals surface area contributed by atoms with E-state index in [1.54, 1.807) is 31.3 Å². The highest BCUT2D eigenvalue weighted by Gasteiger charge is 2.24. The highest BCUT2D eigenvalue weighted by Crippen LogP contribution is 2.23. The number of carbonyl (C=O) groups is 2. The van der Waals surface area contributed by atoms with Gasteiger partial charge in [0.15, 0.2) is 0 Å². The number of likely N-dealkylation sites (N-methyl/N-ethyl adjacent to an activating group) is 2. The minimum absolute atomic E-state index is 0.0201. The molecule has 2 rings (SSSR count). The number of halogens is 1. The molecule has 1 aliphatic rings. The number of nitrogens with one attached hydrogen (secondary N) is 1. The molecule has 0 aromatic heterocycles. The average Bonchev–Trinajstić information content (AvgIpc) is 3.08. The molecule has 0 spiro atoms. The van der Waals surface area contributed by atoms with Crippen LogP contribution in [0.1, 0.15) is 32.6 Å². The number of anilines is 1. The summed E-state index contributed by atoms with van der Waals surface area (Å²) in [5.74, 6) is -0.277. The first-order chi connectivity index (χ1) is 11.5. The van der Waals surface area contributed by atoms with Crippen molar-refractivity contribution in [1.29, 1.82) is 0 Å². The lowest BCUT2D eigenvalue weighted by Crippen LogP contribution is -2.44. The molecular formula is C18H26ClN3O2. The van der Waals surface area contributed by atoms with Crippen LogP contribution in [0.15, 0.2) is 24.3 Å². The molecule has 1 saturated carbocycles. The fourth-order valence-electron chi connectivity index (χ4n) is 3.12. The Balaban J connectivity index is 1.84. The zero-order valence-corrected chi connectivity index (χ0v) is 15.2. The van der Waals surface area contributed by atoms with Gasteiger partial charge in [0.05, 0.1) is 23.8 Å².